The second-order valence-electron chi connectivity index (χ2n) is 7.01. The van der Waals surface area contributed by atoms with Gasteiger partial charge < -0.3 is 9.80 Å². The third-order valence-electron chi connectivity index (χ3n) is 5.26. The predicted octanol–water partition coefficient (Wildman–Crippen LogP) is 1.68. The van der Waals surface area contributed by atoms with E-state index in [1.807, 2.05) is 54.2 Å². The Morgan fingerprint density at radius 2 is 2.00 bits per heavy atom. The maximum Gasteiger partial charge on any atom is 0.229 e. The van der Waals surface area contributed by atoms with Crippen LogP contribution >= 0.6 is 0 Å². The second-order valence-corrected chi connectivity index (χ2v) is 7.01. The number of hydrogen-bond acceptors (Lipinski definition) is 3. The van der Waals surface area contributed by atoms with E-state index in [4.69, 9.17) is 0 Å². The number of amides is 2. The number of carbonyl (C=O) groups excluding carboxylic acids is 2. The quantitative estimate of drug-likeness (QED) is 0.855. The van der Waals surface area contributed by atoms with E-state index in [9.17, 15) is 9.59 Å². The first-order valence-corrected chi connectivity index (χ1v) is 8.68. The Balaban J connectivity index is 1.50. The van der Waals surface area contributed by atoms with Gasteiger partial charge >= 0.3 is 0 Å². The predicted molar refractivity (Wildman–Crippen MR) is 94.1 cm³/mol. The van der Waals surface area contributed by atoms with Gasteiger partial charge in [0.1, 0.15) is 0 Å². The molecule has 1 aromatic heterocycles. The molecule has 0 N–H and O–H groups in total. The van der Waals surface area contributed by atoms with Crippen molar-refractivity contribution in [3.05, 3.63) is 47.8 Å². The van der Waals surface area contributed by atoms with E-state index >= 15 is 0 Å². The fraction of sp³-hybridized carbons (Fsp3) is 0.421. The van der Waals surface area contributed by atoms with Gasteiger partial charge in [0.2, 0.25) is 11.8 Å². The van der Waals surface area contributed by atoms with Crippen LogP contribution in [0.5, 0.6) is 0 Å². The lowest BCUT2D eigenvalue weighted by Crippen LogP contribution is -2.40. The molecule has 2 aromatic rings. The highest BCUT2D eigenvalue weighted by Gasteiger charge is 2.48. The number of aryl methyl sites for hydroxylation is 2. The van der Waals surface area contributed by atoms with Crippen LogP contribution in [-0.4, -0.2) is 45.1 Å². The van der Waals surface area contributed by atoms with Crippen molar-refractivity contribution < 1.29 is 9.59 Å². The highest BCUT2D eigenvalue weighted by Crippen LogP contribution is 2.36. The van der Waals surface area contributed by atoms with Gasteiger partial charge in [-0.1, -0.05) is 29.8 Å². The number of benzene rings is 1. The minimum Gasteiger partial charge on any atom is -0.337 e. The van der Waals surface area contributed by atoms with Gasteiger partial charge in [-0.3, -0.25) is 14.3 Å². The average Bonchev–Trinajstić information content (AvgIpc) is 3.24. The van der Waals surface area contributed by atoms with Crippen LogP contribution in [0.4, 0.5) is 5.69 Å². The summed E-state index contributed by atoms with van der Waals surface area (Å²) < 4.78 is 1.70. The molecule has 0 bridgehead atoms. The molecule has 0 aliphatic carbocycles. The highest BCUT2D eigenvalue weighted by molar-refractivity contribution is 5.98. The van der Waals surface area contributed by atoms with Crippen molar-refractivity contribution in [2.75, 3.05) is 11.4 Å². The number of rotatable bonds is 3. The zero-order valence-corrected chi connectivity index (χ0v) is 14.6. The Morgan fingerprint density at radius 3 is 2.68 bits per heavy atom. The monoisotopic (exact) mass is 338 g/mol. The number of carbonyl (C=O) groups is 2. The SMILES string of the molecule is Cc1ccc(CC(=O)N2CC[C@H]3[C@H]2CC(=O)N3c2cnn(C)c2)cc1. The molecule has 0 spiro atoms. The molecule has 130 valence electrons. The van der Waals surface area contributed by atoms with Crippen LogP contribution in [-0.2, 0) is 23.1 Å². The maximum atomic E-state index is 12.8. The molecule has 2 fully saturated rings. The summed E-state index contributed by atoms with van der Waals surface area (Å²) in [5.41, 5.74) is 3.03. The third kappa shape index (κ3) is 2.81. The average molecular weight is 338 g/mol. The van der Waals surface area contributed by atoms with Gasteiger partial charge in [0.15, 0.2) is 0 Å². The molecule has 0 radical (unpaired) electrons. The van der Waals surface area contributed by atoms with Gasteiger partial charge in [-0.2, -0.15) is 5.10 Å². The zero-order chi connectivity index (χ0) is 17.6. The Kier molecular flexibility index (Phi) is 3.82. The van der Waals surface area contributed by atoms with E-state index in [1.54, 1.807) is 10.9 Å². The Bertz CT molecular complexity index is 811. The molecular formula is C19H22N4O2. The van der Waals surface area contributed by atoms with E-state index in [2.05, 4.69) is 5.10 Å². The van der Waals surface area contributed by atoms with Crippen LogP contribution in [0.15, 0.2) is 36.7 Å². The van der Waals surface area contributed by atoms with Crippen LogP contribution in [0.2, 0.25) is 0 Å². The molecule has 3 heterocycles. The van der Waals surface area contributed by atoms with E-state index in [0.29, 0.717) is 19.4 Å². The molecule has 2 aliphatic heterocycles. The molecule has 2 aliphatic rings. The van der Waals surface area contributed by atoms with Crippen LogP contribution in [0.1, 0.15) is 24.0 Å². The van der Waals surface area contributed by atoms with Crippen LogP contribution < -0.4 is 4.90 Å². The van der Waals surface area contributed by atoms with E-state index in [-0.39, 0.29) is 23.9 Å². The molecular weight excluding hydrogens is 316 g/mol. The smallest absolute Gasteiger partial charge is 0.229 e. The van der Waals surface area contributed by atoms with Crippen molar-refractivity contribution in [2.24, 2.45) is 7.05 Å². The van der Waals surface area contributed by atoms with Crippen molar-refractivity contribution in [1.82, 2.24) is 14.7 Å². The van der Waals surface area contributed by atoms with Crippen molar-refractivity contribution in [3.63, 3.8) is 0 Å². The minimum atomic E-state index is -0.0225. The normalized spacial score (nSPS) is 22.6. The van der Waals surface area contributed by atoms with E-state index in [1.165, 1.54) is 5.56 Å². The lowest BCUT2D eigenvalue weighted by atomic mass is 10.1. The van der Waals surface area contributed by atoms with Gasteiger partial charge in [-0.15, -0.1) is 0 Å². The molecule has 0 unspecified atom stereocenters. The zero-order valence-electron chi connectivity index (χ0n) is 14.6. The van der Waals surface area contributed by atoms with Gasteiger partial charge in [-0.25, -0.2) is 0 Å². The first-order valence-electron chi connectivity index (χ1n) is 8.68. The summed E-state index contributed by atoms with van der Waals surface area (Å²) in [7, 11) is 1.84. The van der Waals surface area contributed by atoms with Crippen LogP contribution in [0.25, 0.3) is 0 Å². The summed E-state index contributed by atoms with van der Waals surface area (Å²) in [4.78, 5) is 29.0. The lowest BCUT2D eigenvalue weighted by molar-refractivity contribution is -0.131. The molecule has 4 rings (SSSR count). The van der Waals surface area contributed by atoms with Crippen molar-refractivity contribution in [1.29, 1.82) is 0 Å². The van der Waals surface area contributed by atoms with Gasteiger partial charge in [0.25, 0.3) is 0 Å². The van der Waals surface area contributed by atoms with Gasteiger partial charge in [0, 0.05) is 26.2 Å². The Labute approximate surface area is 147 Å². The molecule has 2 saturated heterocycles. The fourth-order valence-corrected chi connectivity index (χ4v) is 4.01. The molecule has 1 aromatic carbocycles. The number of fused-ring (bicyclic) bond motifs is 1. The number of aromatic nitrogens is 2. The topological polar surface area (TPSA) is 58.4 Å². The van der Waals surface area contributed by atoms with E-state index in [0.717, 1.165) is 17.7 Å². The summed E-state index contributed by atoms with van der Waals surface area (Å²) in [5, 5.41) is 4.17. The van der Waals surface area contributed by atoms with Crippen LogP contribution in [0, 0.1) is 6.92 Å². The van der Waals surface area contributed by atoms with Gasteiger partial charge in [0.05, 0.1) is 30.4 Å². The number of hydrogen-bond donors (Lipinski definition) is 0. The van der Waals surface area contributed by atoms with Crippen molar-refractivity contribution >= 4 is 17.5 Å². The third-order valence-corrected chi connectivity index (χ3v) is 5.26. The van der Waals surface area contributed by atoms with Crippen LogP contribution in [0.3, 0.4) is 0 Å². The summed E-state index contributed by atoms with van der Waals surface area (Å²) >= 11 is 0. The number of likely N-dealkylation sites (tertiary alicyclic amines) is 1. The Morgan fingerprint density at radius 1 is 1.24 bits per heavy atom. The van der Waals surface area contributed by atoms with Gasteiger partial charge in [-0.05, 0) is 18.9 Å². The molecule has 25 heavy (non-hydrogen) atoms. The fourth-order valence-electron chi connectivity index (χ4n) is 4.01. The second kappa shape index (κ2) is 6.02. The molecule has 6 nitrogen and oxygen atoms in total. The van der Waals surface area contributed by atoms with Crippen molar-refractivity contribution in [2.45, 2.75) is 38.3 Å². The highest BCUT2D eigenvalue weighted by atomic mass is 16.2. The maximum absolute atomic E-state index is 12.8. The lowest BCUT2D eigenvalue weighted by Gasteiger charge is -2.24. The minimum absolute atomic E-state index is 0.0225. The first-order chi connectivity index (χ1) is 12.0. The summed E-state index contributed by atoms with van der Waals surface area (Å²) in [6.45, 7) is 2.75. The molecule has 2 atom stereocenters. The van der Waals surface area contributed by atoms with E-state index < -0.39 is 0 Å². The van der Waals surface area contributed by atoms with Crippen molar-refractivity contribution in [3.8, 4) is 0 Å². The molecule has 0 saturated carbocycles. The molecule has 2 amide bonds. The molecule has 6 heteroatoms. The first kappa shape index (κ1) is 15.9. The number of anilines is 1. The number of nitrogens with zero attached hydrogens (tertiary/aromatic N) is 4. The Hall–Kier alpha value is -2.63. The summed E-state index contributed by atoms with van der Waals surface area (Å²) in [6, 6.07) is 8.10. The summed E-state index contributed by atoms with van der Waals surface area (Å²) in [6.07, 6.45) is 5.20. The largest absolute Gasteiger partial charge is 0.337 e. The standard InChI is InChI=1S/C19H22N4O2/c1-13-3-5-14(6-4-13)9-18(24)22-8-7-16-17(22)10-19(25)23(16)15-11-20-21(2)12-15/h3-6,11-12,16-17H,7-10H2,1-2H3/t16-,17+/m0/s1. The summed E-state index contributed by atoms with van der Waals surface area (Å²) in [5.74, 6) is 0.188.